The third-order valence-corrected chi connectivity index (χ3v) is 5.73. The van der Waals surface area contributed by atoms with Gasteiger partial charge in [-0.25, -0.2) is 0 Å². The molecule has 1 aliphatic heterocycles. The predicted octanol–water partition coefficient (Wildman–Crippen LogP) is 3.24. The van der Waals surface area contributed by atoms with E-state index in [2.05, 4.69) is 6.07 Å². The fraction of sp³-hybridized carbons (Fsp3) is 0.389. The predicted molar refractivity (Wildman–Crippen MR) is 109 cm³/mol. The zero-order chi connectivity index (χ0) is 18.6. The minimum Gasteiger partial charge on any atom is -0.358 e. The number of carbonyl (C=O) groups is 1. The number of thiocarbonyl (C=S) groups is 1. The first-order chi connectivity index (χ1) is 12.0. The number of para-hydroxylation sites is 2. The summed E-state index contributed by atoms with van der Waals surface area (Å²) in [5.41, 5.74) is 2.12. The van der Waals surface area contributed by atoms with E-state index in [1.54, 1.807) is 0 Å². The third kappa shape index (κ3) is 3.80. The van der Waals surface area contributed by atoms with Crippen molar-refractivity contribution in [2.45, 2.75) is 13.8 Å². The van der Waals surface area contributed by atoms with E-state index >= 15 is 0 Å². The van der Waals surface area contributed by atoms with E-state index in [-0.39, 0.29) is 17.1 Å². The van der Waals surface area contributed by atoms with Gasteiger partial charge in [-0.1, -0.05) is 36.1 Å². The van der Waals surface area contributed by atoms with Crippen molar-refractivity contribution in [3.8, 4) is 6.07 Å². The minimum atomic E-state index is -0.205. The van der Waals surface area contributed by atoms with Crippen LogP contribution in [0.15, 0.2) is 35.7 Å². The van der Waals surface area contributed by atoms with Crippen LogP contribution in [0.4, 0.5) is 11.4 Å². The number of benzene rings is 1. The van der Waals surface area contributed by atoms with E-state index in [1.807, 2.05) is 66.9 Å². The molecule has 0 unspecified atom stereocenters. The SMILES string of the molecule is CCN(CC)C(=S)SCC(=O)C(C#N)=C1N(C)c2ccccc2N1C. The van der Waals surface area contributed by atoms with Crippen molar-refractivity contribution in [3.63, 3.8) is 0 Å². The van der Waals surface area contributed by atoms with Crippen LogP contribution >= 0.6 is 24.0 Å². The Balaban J connectivity index is 2.22. The Morgan fingerprint density at radius 3 is 2.16 bits per heavy atom. The number of hydrogen-bond donors (Lipinski definition) is 0. The molecule has 7 heteroatoms. The number of thioether (sulfide) groups is 1. The van der Waals surface area contributed by atoms with E-state index in [4.69, 9.17) is 12.2 Å². The van der Waals surface area contributed by atoms with Gasteiger partial charge in [0, 0.05) is 27.2 Å². The van der Waals surface area contributed by atoms with Crippen LogP contribution in [0, 0.1) is 11.3 Å². The molecule has 0 radical (unpaired) electrons. The van der Waals surface area contributed by atoms with Gasteiger partial charge < -0.3 is 14.7 Å². The molecular formula is C18H22N4OS2. The highest BCUT2D eigenvalue weighted by Gasteiger charge is 2.31. The van der Waals surface area contributed by atoms with E-state index < -0.39 is 0 Å². The first-order valence-electron chi connectivity index (χ1n) is 8.11. The van der Waals surface area contributed by atoms with Gasteiger partial charge in [0.15, 0.2) is 5.78 Å². The van der Waals surface area contributed by atoms with E-state index in [9.17, 15) is 10.1 Å². The summed E-state index contributed by atoms with van der Waals surface area (Å²) in [6.45, 7) is 5.67. The normalized spacial score (nSPS) is 12.7. The Labute approximate surface area is 158 Å². The summed E-state index contributed by atoms with van der Waals surface area (Å²) in [4.78, 5) is 18.5. The topological polar surface area (TPSA) is 50.6 Å². The lowest BCUT2D eigenvalue weighted by Gasteiger charge is -2.21. The van der Waals surface area contributed by atoms with Gasteiger partial charge >= 0.3 is 0 Å². The van der Waals surface area contributed by atoms with Gasteiger partial charge in [0.2, 0.25) is 0 Å². The van der Waals surface area contributed by atoms with Crippen molar-refractivity contribution in [1.82, 2.24) is 4.90 Å². The van der Waals surface area contributed by atoms with Crippen molar-refractivity contribution >= 4 is 45.5 Å². The quantitative estimate of drug-likeness (QED) is 0.445. The fourth-order valence-electron chi connectivity index (χ4n) is 2.83. The maximum atomic E-state index is 12.7. The number of anilines is 2. The van der Waals surface area contributed by atoms with Crippen LogP contribution in [-0.4, -0.2) is 47.9 Å². The second-order valence-corrected chi connectivity index (χ2v) is 7.18. The highest BCUT2D eigenvalue weighted by Crippen LogP contribution is 2.40. The maximum absolute atomic E-state index is 12.7. The highest BCUT2D eigenvalue weighted by atomic mass is 32.2. The zero-order valence-corrected chi connectivity index (χ0v) is 16.6. The molecule has 1 heterocycles. The lowest BCUT2D eigenvalue weighted by Crippen LogP contribution is -2.29. The summed E-state index contributed by atoms with van der Waals surface area (Å²) >= 11 is 6.69. The summed E-state index contributed by atoms with van der Waals surface area (Å²) in [5.74, 6) is 0.575. The summed E-state index contributed by atoms with van der Waals surface area (Å²) in [5, 5.41) is 9.60. The van der Waals surface area contributed by atoms with Crippen LogP contribution in [0.2, 0.25) is 0 Å². The number of carbonyl (C=O) groups excluding carboxylic acids is 1. The Hall–Kier alpha value is -2.04. The number of ketones is 1. The molecule has 132 valence electrons. The Morgan fingerprint density at radius 1 is 1.20 bits per heavy atom. The molecule has 0 amide bonds. The van der Waals surface area contributed by atoms with Gasteiger partial charge in [0.25, 0.3) is 0 Å². The number of allylic oxidation sites excluding steroid dienone is 1. The molecule has 1 aliphatic rings. The minimum absolute atomic E-state index is 0.163. The second-order valence-electron chi connectivity index (χ2n) is 5.57. The van der Waals surface area contributed by atoms with Crippen LogP contribution in [-0.2, 0) is 4.79 Å². The largest absolute Gasteiger partial charge is 0.358 e. The second kappa shape index (κ2) is 8.37. The summed E-state index contributed by atoms with van der Waals surface area (Å²) in [6, 6.07) is 9.93. The fourth-order valence-corrected chi connectivity index (χ4v) is 4.10. The Morgan fingerprint density at radius 2 is 1.72 bits per heavy atom. The summed E-state index contributed by atoms with van der Waals surface area (Å²) in [7, 11) is 3.74. The molecule has 25 heavy (non-hydrogen) atoms. The maximum Gasteiger partial charge on any atom is 0.187 e. The van der Waals surface area contributed by atoms with Gasteiger partial charge in [-0.05, 0) is 26.0 Å². The Kier molecular flexibility index (Phi) is 6.45. The van der Waals surface area contributed by atoms with Crippen molar-refractivity contribution < 1.29 is 4.79 Å². The van der Waals surface area contributed by atoms with Crippen molar-refractivity contribution in [2.24, 2.45) is 0 Å². The lowest BCUT2D eigenvalue weighted by molar-refractivity contribution is -0.112. The summed E-state index contributed by atoms with van der Waals surface area (Å²) < 4.78 is 0.692. The lowest BCUT2D eigenvalue weighted by atomic mass is 10.2. The van der Waals surface area contributed by atoms with E-state index in [0.717, 1.165) is 24.5 Å². The summed E-state index contributed by atoms with van der Waals surface area (Å²) in [6.07, 6.45) is 0. The molecule has 0 fully saturated rings. The van der Waals surface area contributed by atoms with Crippen molar-refractivity contribution in [2.75, 3.05) is 42.7 Å². The van der Waals surface area contributed by atoms with Crippen LogP contribution in [0.5, 0.6) is 0 Å². The van der Waals surface area contributed by atoms with E-state index in [0.29, 0.717) is 10.1 Å². The molecule has 0 N–H and O–H groups in total. The molecule has 0 bridgehead atoms. The average molecular weight is 375 g/mol. The van der Waals surface area contributed by atoms with Gasteiger partial charge in [0.1, 0.15) is 21.8 Å². The molecule has 0 aromatic heterocycles. The Bertz CT molecular complexity index is 719. The van der Waals surface area contributed by atoms with Gasteiger partial charge in [0.05, 0.1) is 17.1 Å². The van der Waals surface area contributed by atoms with E-state index in [1.165, 1.54) is 11.8 Å². The molecule has 0 aliphatic carbocycles. The van der Waals surface area contributed by atoms with Gasteiger partial charge in [-0.15, -0.1) is 0 Å². The van der Waals surface area contributed by atoms with Gasteiger partial charge in [-0.2, -0.15) is 5.26 Å². The number of Topliss-reactive ketones (excluding diaryl/α,β-unsaturated/α-hetero) is 1. The first kappa shape index (κ1) is 19.3. The number of nitrogens with zero attached hydrogens (tertiary/aromatic N) is 4. The van der Waals surface area contributed by atoms with Gasteiger partial charge in [-0.3, -0.25) is 4.79 Å². The molecule has 0 atom stereocenters. The third-order valence-electron chi connectivity index (χ3n) is 4.20. The number of rotatable bonds is 5. The van der Waals surface area contributed by atoms with Crippen LogP contribution in [0.1, 0.15) is 13.8 Å². The molecule has 2 rings (SSSR count). The monoisotopic (exact) mass is 374 g/mol. The molecule has 0 saturated carbocycles. The molecule has 0 spiro atoms. The number of hydrogen-bond acceptors (Lipinski definition) is 6. The molecule has 1 aromatic rings. The smallest absolute Gasteiger partial charge is 0.187 e. The first-order valence-corrected chi connectivity index (χ1v) is 9.51. The molecule has 0 saturated heterocycles. The van der Waals surface area contributed by atoms with Crippen molar-refractivity contribution in [3.05, 3.63) is 35.7 Å². The number of fused-ring (bicyclic) bond motifs is 1. The van der Waals surface area contributed by atoms with Crippen LogP contribution in [0.25, 0.3) is 0 Å². The van der Waals surface area contributed by atoms with Crippen molar-refractivity contribution in [1.29, 1.82) is 5.26 Å². The molecule has 5 nitrogen and oxygen atoms in total. The number of nitriles is 1. The standard InChI is InChI=1S/C18H22N4OS2/c1-5-22(6-2)18(24)25-12-16(23)13(11-19)17-20(3)14-9-7-8-10-15(14)21(17)4/h7-10H,5-6,12H2,1-4H3. The zero-order valence-electron chi connectivity index (χ0n) is 14.9. The highest BCUT2D eigenvalue weighted by molar-refractivity contribution is 8.23. The van der Waals surface area contributed by atoms with Crippen LogP contribution in [0.3, 0.4) is 0 Å². The average Bonchev–Trinajstić information content (AvgIpc) is 2.87. The molecule has 1 aromatic carbocycles. The molecular weight excluding hydrogens is 352 g/mol. The van der Waals surface area contributed by atoms with Crippen LogP contribution < -0.4 is 9.80 Å².